The zero-order chi connectivity index (χ0) is 22.7. The van der Waals surface area contributed by atoms with Crippen molar-refractivity contribution in [2.75, 3.05) is 7.11 Å². The Labute approximate surface area is 183 Å². The summed E-state index contributed by atoms with van der Waals surface area (Å²) in [6, 6.07) is 13.7. The van der Waals surface area contributed by atoms with Crippen LogP contribution in [0.2, 0.25) is 0 Å². The number of hydrogen-bond acceptors (Lipinski definition) is 5. The Morgan fingerprint density at radius 3 is 2.66 bits per heavy atom. The van der Waals surface area contributed by atoms with Crippen LogP contribution in [0.15, 0.2) is 70.5 Å². The summed E-state index contributed by atoms with van der Waals surface area (Å²) < 4.78 is 8.71. The van der Waals surface area contributed by atoms with Crippen LogP contribution in [0.25, 0.3) is 10.9 Å². The minimum absolute atomic E-state index is 0.0337. The van der Waals surface area contributed by atoms with E-state index in [4.69, 9.17) is 4.74 Å². The molecule has 0 radical (unpaired) electrons. The average Bonchev–Trinajstić information content (AvgIpc) is 3.23. The minimum atomic E-state index is -0.549. The van der Waals surface area contributed by atoms with Gasteiger partial charge in [0.2, 0.25) is 5.91 Å². The Morgan fingerprint density at radius 2 is 1.91 bits per heavy atom. The van der Waals surface area contributed by atoms with E-state index in [0.29, 0.717) is 22.5 Å². The number of imidazole rings is 1. The highest BCUT2D eigenvalue weighted by Gasteiger charge is 2.24. The third-order valence-corrected chi connectivity index (χ3v) is 5.34. The Bertz CT molecular complexity index is 1380. The van der Waals surface area contributed by atoms with Gasteiger partial charge in [0.05, 0.1) is 18.0 Å². The van der Waals surface area contributed by atoms with Crippen molar-refractivity contribution in [3.05, 3.63) is 93.2 Å². The van der Waals surface area contributed by atoms with Crippen molar-refractivity contribution in [1.29, 1.82) is 0 Å². The molecule has 9 nitrogen and oxygen atoms in total. The van der Waals surface area contributed by atoms with E-state index in [-0.39, 0.29) is 18.9 Å². The number of aromatic amines is 1. The quantitative estimate of drug-likeness (QED) is 0.461. The first-order valence-corrected chi connectivity index (χ1v) is 10.1. The van der Waals surface area contributed by atoms with Gasteiger partial charge in [-0.25, -0.2) is 9.78 Å². The summed E-state index contributed by atoms with van der Waals surface area (Å²) in [5.74, 6) is 1.00. The second-order valence-electron chi connectivity index (χ2n) is 7.32. The van der Waals surface area contributed by atoms with Gasteiger partial charge in [-0.2, -0.15) is 0 Å². The lowest BCUT2D eigenvalue weighted by molar-refractivity contribution is -0.121. The Balaban J connectivity index is 1.61. The molecule has 2 aromatic heterocycles. The largest absolute Gasteiger partial charge is 0.496 e. The number of amides is 1. The van der Waals surface area contributed by atoms with Crippen LogP contribution in [0.3, 0.4) is 0 Å². The van der Waals surface area contributed by atoms with Crippen molar-refractivity contribution in [3.8, 4) is 5.75 Å². The van der Waals surface area contributed by atoms with Crippen LogP contribution >= 0.6 is 0 Å². The molecule has 0 saturated carbocycles. The molecular formula is C23H23N5O4. The van der Waals surface area contributed by atoms with Crippen LogP contribution in [0.1, 0.15) is 23.9 Å². The van der Waals surface area contributed by atoms with Crippen molar-refractivity contribution >= 4 is 16.8 Å². The van der Waals surface area contributed by atoms with E-state index in [1.54, 1.807) is 43.8 Å². The zero-order valence-corrected chi connectivity index (χ0v) is 17.7. The minimum Gasteiger partial charge on any atom is -0.496 e. The maximum absolute atomic E-state index is 12.9. The summed E-state index contributed by atoms with van der Waals surface area (Å²) in [4.78, 5) is 44.1. The molecule has 1 atom stereocenters. The number of aryl methyl sites for hydroxylation is 2. The van der Waals surface area contributed by atoms with Gasteiger partial charge < -0.3 is 14.6 Å². The molecule has 1 unspecified atom stereocenters. The number of ether oxygens (including phenoxy) is 1. The van der Waals surface area contributed by atoms with Gasteiger partial charge >= 0.3 is 5.69 Å². The van der Waals surface area contributed by atoms with Gasteiger partial charge in [0, 0.05) is 38.0 Å². The molecular weight excluding hydrogens is 410 g/mol. The maximum atomic E-state index is 12.9. The summed E-state index contributed by atoms with van der Waals surface area (Å²) in [6.45, 7) is 0.112. The molecule has 0 bridgehead atoms. The third-order valence-electron chi connectivity index (χ3n) is 5.34. The molecule has 0 spiro atoms. The number of nitrogens with one attached hydrogen (secondary N) is 2. The topological polar surface area (TPSA) is 111 Å². The SMILES string of the molecule is COc1ccccc1C(NC(=O)CCn1c(=O)[nH]c(=O)c2ccccc21)c1nccn1C. The number of methoxy groups -OCH3 is 1. The van der Waals surface area contributed by atoms with E-state index in [1.807, 2.05) is 35.9 Å². The van der Waals surface area contributed by atoms with E-state index in [9.17, 15) is 14.4 Å². The van der Waals surface area contributed by atoms with Gasteiger partial charge in [0.25, 0.3) is 5.56 Å². The Morgan fingerprint density at radius 1 is 1.16 bits per heavy atom. The van der Waals surface area contributed by atoms with E-state index >= 15 is 0 Å². The smallest absolute Gasteiger partial charge is 0.328 e. The van der Waals surface area contributed by atoms with Gasteiger partial charge in [0.15, 0.2) is 0 Å². The number of nitrogens with zero attached hydrogens (tertiary/aromatic N) is 3. The van der Waals surface area contributed by atoms with Gasteiger partial charge in [-0.15, -0.1) is 0 Å². The van der Waals surface area contributed by atoms with Gasteiger partial charge in [-0.05, 0) is 18.2 Å². The van der Waals surface area contributed by atoms with Crippen LogP contribution in [0.4, 0.5) is 0 Å². The van der Waals surface area contributed by atoms with E-state index in [1.165, 1.54) is 4.57 Å². The number of fused-ring (bicyclic) bond motifs is 1. The summed E-state index contributed by atoms with van der Waals surface area (Å²) in [5.41, 5.74) is 0.257. The van der Waals surface area contributed by atoms with Crippen LogP contribution in [-0.4, -0.2) is 32.1 Å². The van der Waals surface area contributed by atoms with Crippen molar-refractivity contribution in [2.24, 2.45) is 7.05 Å². The van der Waals surface area contributed by atoms with E-state index < -0.39 is 17.3 Å². The molecule has 2 N–H and O–H groups in total. The van der Waals surface area contributed by atoms with Crippen LogP contribution in [0.5, 0.6) is 5.75 Å². The molecule has 2 heterocycles. The molecule has 1 amide bonds. The summed E-state index contributed by atoms with van der Waals surface area (Å²) in [5, 5.41) is 3.41. The predicted octanol–water partition coefficient (Wildman–Crippen LogP) is 1.73. The number of para-hydroxylation sites is 2. The zero-order valence-electron chi connectivity index (χ0n) is 17.7. The molecule has 164 valence electrons. The highest BCUT2D eigenvalue weighted by molar-refractivity contribution is 5.79. The fraction of sp³-hybridized carbons (Fsp3) is 0.217. The summed E-state index contributed by atoms with van der Waals surface area (Å²) >= 11 is 0. The molecule has 32 heavy (non-hydrogen) atoms. The highest BCUT2D eigenvalue weighted by Crippen LogP contribution is 2.29. The molecule has 0 aliphatic carbocycles. The molecule has 0 aliphatic heterocycles. The number of rotatable bonds is 7. The third kappa shape index (κ3) is 4.04. The lowest BCUT2D eigenvalue weighted by atomic mass is 10.0. The van der Waals surface area contributed by atoms with Gasteiger partial charge in [-0.1, -0.05) is 30.3 Å². The van der Waals surface area contributed by atoms with Crippen LogP contribution in [-0.2, 0) is 18.4 Å². The standard InChI is InChI=1S/C23H23N5O4/c1-27-14-12-24-21(27)20(16-8-4-6-10-18(16)32-2)25-19(29)11-13-28-17-9-5-3-7-15(17)22(30)26-23(28)31/h3-10,12,14,20H,11,13H2,1-2H3,(H,25,29)(H,26,30,31). The van der Waals surface area contributed by atoms with Crippen molar-refractivity contribution in [2.45, 2.75) is 19.0 Å². The lowest BCUT2D eigenvalue weighted by Gasteiger charge is -2.21. The highest BCUT2D eigenvalue weighted by atomic mass is 16.5. The number of H-pyrrole nitrogens is 1. The second kappa shape index (κ2) is 8.93. The van der Waals surface area contributed by atoms with Crippen molar-refractivity contribution in [1.82, 2.24) is 24.4 Å². The Kier molecular flexibility index (Phi) is 5.89. The lowest BCUT2D eigenvalue weighted by Crippen LogP contribution is -2.34. The number of hydrogen-bond donors (Lipinski definition) is 2. The first-order valence-electron chi connectivity index (χ1n) is 10.1. The average molecular weight is 433 g/mol. The second-order valence-corrected chi connectivity index (χ2v) is 7.32. The monoisotopic (exact) mass is 433 g/mol. The number of carbonyl (C=O) groups excluding carboxylic acids is 1. The first-order chi connectivity index (χ1) is 15.5. The molecule has 0 saturated heterocycles. The van der Waals surface area contributed by atoms with Crippen molar-refractivity contribution < 1.29 is 9.53 Å². The molecule has 2 aromatic carbocycles. The van der Waals surface area contributed by atoms with Crippen LogP contribution in [0, 0.1) is 0 Å². The van der Waals surface area contributed by atoms with Crippen LogP contribution < -0.4 is 21.3 Å². The van der Waals surface area contributed by atoms with E-state index in [0.717, 1.165) is 5.56 Å². The van der Waals surface area contributed by atoms with Gasteiger partial charge in [-0.3, -0.25) is 19.1 Å². The predicted molar refractivity (Wildman–Crippen MR) is 120 cm³/mol. The first kappa shape index (κ1) is 21.1. The number of benzene rings is 2. The molecule has 4 aromatic rings. The molecule has 0 fully saturated rings. The normalized spacial score (nSPS) is 11.9. The fourth-order valence-electron chi connectivity index (χ4n) is 3.75. The Hall–Kier alpha value is -4.14. The number of aromatic nitrogens is 4. The molecule has 9 heteroatoms. The molecule has 0 aliphatic rings. The summed E-state index contributed by atoms with van der Waals surface area (Å²) in [7, 11) is 3.42. The van der Waals surface area contributed by atoms with E-state index in [2.05, 4.69) is 15.3 Å². The van der Waals surface area contributed by atoms with Gasteiger partial charge in [0.1, 0.15) is 17.6 Å². The maximum Gasteiger partial charge on any atom is 0.328 e. The summed E-state index contributed by atoms with van der Waals surface area (Å²) in [6.07, 6.45) is 3.50. The fourth-order valence-corrected chi connectivity index (χ4v) is 3.75. The number of carbonyl (C=O) groups is 1. The molecule has 4 rings (SSSR count). The van der Waals surface area contributed by atoms with Crippen molar-refractivity contribution in [3.63, 3.8) is 0 Å².